The molecule has 1 saturated heterocycles. The Kier molecular flexibility index (Phi) is 4.12. The molecule has 0 bridgehead atoms. The molecule has 2 aromatic rings. The van der Waals surface area contributed by atoms with Gasteiger partial charge in [-0.3, -0.25) is 4.79 Å². The quantitative estimate of drug-likeness (QED) is 0.872. The van der Waals surface area contributed by atoms with Crippen molar-refractivity contribution in [2.24, 2.45) is 11.3 Å². The van der Waals surface area contributed by atoms with Gasteiger partial charge < -0.3 is 10.1 Å². The lowest BCUT2D eigenvalue weighted by atomic mass is 9.58. The van der Waals surface area contributed by atoms with Crippen LogP contribution >= 0.6 is 0 Å². The molecule has 4 rings (SSSR count). The maximum absolute atomic E-state index is 13.0. The van der Waals surface area contributed by atoms with E-state index in [1.165, 1.54) is 23.8 Å². The fraction of sp³-hybridized carbons (Fsp3) is 0.409. The maximum atomic E-state index is 13.0. The van der Waals surface area contributed by atoms with E-state index < -0.39 is 5.41 Å². The Balaban J connectivity index is 1.94. The number of benzene rings is 2. The van der Waals surface area contributed by atoms with Crippen molar-refractivity contribution >= 4 is 5.97 Å². The summed E-state index contributed by atoms with van der Waals surface area (Å²) in [5, 5.41) is 3.64. The number of esters is 1. The predicted molar refractivity (Wildman–Crippen MR) is 98.5 cm³/mol. The number of hydrogen-bond donors (Lipinski definition) is 1. The van der Waals surface area contributed by atoms with Crippen LogP contribution in [0.2, 0.25) is 0 Å². The SMILES string of the molecule is CCC1NCC2(C(=O)OC)Cc3ccccc3C(c3ccccc3)C12. The molecule has 2 aliphatic rings. The molecule has 1 heterocycles. The number of ether oxygens (including phenoxy) is 1. The maximum Gasteiger partial charge on any atom is 0.313 e. The first-order chi connectivity index (χ1) is 12.2. The molecule has 0 aromatic heterocycles. The molecule has 130 valence electrons. The number of fused-ring (bicyclic) bond motifs is 2. The van der Waals surface area contributed by atoms with Gasteiger partial charge in [0.15, 0.2) is 0 Å². The summed E-state index contributed by atoms with van der Waals surface area (Å²) in [4.78, 5) is 13.0. The van der Waals surface area contributed by atoms with Crippen molar-refractivity contribution in [1.82, 2.24) is 5.32 Å². The van der Waals surface area contributed by atoms with Crippen molar-refractivity contribution in [3.8, 4) is 0 Å². The van der Waals surface area contributed by atoms with Gasteiger partial charge in [-0.05, 0) is 29.5 Å². The summed E-state index contributed by atoms with van der Waals surface area (Å²) < 4.78 is 5.31. The Morgan fingerprint density at radius 1 is 1.16 bits per heavy atom. The van der Waals surface area contributed by atoms with Gasteiger partial charge in [-0.2, -0.15) is 0 Å². The summed E-state index contributed by atoms with van der Waals surface area (Å²) in [7, 11) is 1.52. The van der Waals surface area contributed by atoms with Gasteiger partial charge in [0.25, 0.3) is 0 Å². The van der Waals surface area contributed by atoms with Crippen LogP contribution in [0.25, 0.3) is 0 Å². The first kappa shape index (κ1) is 16.3. The number of carbonyl (C=O) groups excluding carboxylic acids is 1. The van der Waals surface area contributed by atoms with Gasteiger partial charge in [0.2, 0.25) is 0 Å². The van der Waals surface area contributed by atoms with Crippen molar-refractivity contribution in [2.45, 2.75) is 31.7 Å². The molecule has 0 saturated carbocycles. The molecular formula is C22H25NO2. The van der Waals surface area contributed by atoms with Gasteiger partial charge >= 0.3 is 5.97 Å². The Morgan fingerprint density at radius 2 is 1.88 bits per heavy atom. The van der Waals surface area contributed by atoms with Crippen LogP contribution < -0.4 is 5.32 Å². The molecule has 1 aliphatic heterocycles. The fourth-order valence-electron chi connectivity index (χ4n) is 5.14. The van der Waals surface area contributed by atoms with Crippen LogP contribution in [0.1, 0.15) is 36.0 Å². The Morgan fingerprint density at radius 3 is 2.60 bits per heavy atom. The molecule has 3 heteroatoms. The third kappa shape index (κ3) is 2.41. The first-order valence-corrected chi connectivity index (χ1v) is 9.16. The van der Waals surface area contributed by atoms with Crippen LogP contribution in [-0.2, 0) is 16.0 Å². The molecular weight excluding hydrogens is 310 g/mol. The van der Waals surface area contributed by atoms with E-state index in [2.05, 4.69) is 66.8 Å². The van der Waals surface area contributed by atoms with Gasteiger partial charge in [-0.1, -0.05) is 61.5 Å². The highest BCUT2D eigenvalue weighted by molar-refractivity contribution is 5.80. The number of methoxy groups -OCH3 is 1. The lowest BCUT2D eigenvalue weighted by molar-refractivity contribution is -0.155. The molecule has 3 nitrogen and oxygen atoms in total. The molecule has 1 aliphatic carbocycles. The highest BCUT2D eigenvalue weighted by Crippen LogP contribution is 2.54. The van der Waals surface area contributed by atoms with Crippen molar-refractivity contribution < 1.29 is 9.53 Å². The summed E-state index contributed by atoms with van der Waals surface area (Å²) in [6.45, 7) is 2.90. The molecule has 0 amide bonds. The van der Waals surface area contributed by atoms with Gasteiger partial charge in [0.1, 0.15) is 0 Å². The zero-order chi connectivity index (χ0) is 17.4. The van der Waals surface area contributed by atoms with Crippen molar-refractivity contribution in [3.63, 3.8) is 0 Å². The van der Waals surface area contributed by atoms with E-state index in [4.69, 9.17) is 4.74 Å². The van der Waals surface area contributed by atoms with Crippen molar-refractivity contribution in [2.75, 3.05) is 13.7 Å². The molecule has 1 fully saturated rings. The molecule has 1 N–H and O–H groups in total. The lowest BCUT2D eigenvalue weighted by Gasteiger charge is -2.44. The second-order valence-electron chi connectivity index (χ2n) is 7.33. The number of hydrogen-bond acceptors (Lipinski definition) is 3. The van der Waals surface area contributed by atoms with E-state index in [0.717, 1.165) is 12.8 Å². The summed E-state index contributed by atoms with van der Waals surface area (Å²) in [5.74, 6) is 0.351. The van der Waals surface area contributed by atoms with Crippen molar-refractivity contribution in [3.05, 3.63) is 71.3 Å². The highest BCUT2D eigenvalue weighted by Gasteiger charge is 2.59. The number of rotatable bonds is 3. The standard InChI is InChI=1S/C22H25NO2/c1-3-18-20-19(15-9-5-4-6-10-15)17-12-8-7-11-16(17)13-22(20,14-23-18)21(24)25-2/h4-12,18-20,23H,3,13-14H2,1-2H3. The molecule has 0 spiro atoms. The van der Waals surface area contributed by atoms with Gasteiger partial charge in [-0.15, -0.1) is 0 Å². The number of nitrogens with one attached hydrogen (secondary N) is 1. The predicted octanol–water partition coefficient (Wildman–Crippen LogP) is 3.53. The van der Waals surface area contributed by atoms with Crippen LogP contribution in [0.15, 0.2) is 54.6 Å². The average Bonchev–Trinajstić information content (AvgIpc) is 3.05. The molecule has 4 unspecified atom stereocenters. The Labute approximate surface area is 149 Å². The highest BCUT2D eigenvalue weighted by atomic mass is 16.5. The molecule has 0 radical (unpaired) electrons. The van der Waals surface area contributed by atoms with E-state index in [1.54, 1.807) is 0 Å². The third-order valence-electron chi connectivity index (χ3n) is 6.20. The smallest absolute Gasteiger partial charge is 0.313 e. The van der Waals surface area contributed by atoms with Gasteiger partial charge in [-0.25, -0.2) is 0 Å². The third-order valence-corrected chi connectivity index (χ3v) is 6.20. The van der Waals surface area contributed by atoms with Crippen LogP contribution in [-0.4, -0.2) is 25.7 Å². The summed E-state index contributed by atoms with van der Waals surface area (Å²) in [5.41, 5.74) is 3.44. The second kappa shape index (κ2) is 6.30. The minimum Gasteiger partial charge on any atom is -0.469 e. The molecule has 4 atom stereocenters. The topological polar surface area (TPSA) is 38.3 Å². The normalized spacial score (nSPS) is 30.4. The van der Waals surface area contributed by atoms with E-state index in [9.17, 15) is 4.79 Å². The summed E-state index contributed by atoms with van der Waals surface area (Å²) in [6.07, 6.45) is 1.77. The average molecular weight is 335 g/mol. The van der Waals surface area contributed by atoms with Crippen LogP contribution in [0.3, 0.4) is 0 Å². The van der Waals surface area contributed by atoms with Crippen LogP contribution in [0.5, 0.6) is 0 Å². The summed E-state index contributed by atoms with van der Waals surface area (Å²) in [6, 6.07) is 19.5. The monoisotopic (exact) mass is 335 g/mol. The molecule has 2 aromatic carbocycles. The van der Waals surface area contributed by atoms with Crippen LogP contribution in [0, 0.1) is 11.3 Å². The zero-order valence-corrected chi connectivity index (χ0v) is 14.9. The minimum absolute atomic E-state index is 0.0728. The van der Waals surface area contributed by atoms with E-state index in [1.807, 2.05) is 0 Å². The van der Waals surface area contributed by atoms with Crippen LogP contribution in [0.4, 0.5) is 0 Å². The van der Waals surface area contributed by atoms with Gasteiger partial charge in [0, 0.05) is 24.4 Å². The fourth-order valence-corrected chi connectivity index (χ4v) is 5.14. The minimum atomic E-state index is -0.482. The van der Waals surface area contributed by atoms with E-state index in [-0.39, 0.29) is 17.8 Å². The Hall–Kier alpha value is -2.13. The van der Waals surface area contributed by atoms with Gasteiger partial charge in [0.05, 0.1) is 12.5 Å². The zero-order valence-electron chi connectivity index (χ0n) is 14.9. The van der Waals surface area contributed by atoms with E-state index >= 15 is 0 Å². The van der Waals surface area contributed by atoms with Crippen molar-refractivity contribution in [1.29, 1.82) is 0 Å². The first-order valence-electron chi connectivity index (χ1n) is 9.16. The van der Waals surface area contributed by atoms with E-state index in [0.29, 0.717) is 12.6 Å². The largest absolute Gasteiger partial charge is 0.469 e. The Bertz CT molecular complexity index is 773. The number of carbonyl (C=O) groups is 1. The summed E-state index contributed by atoms with van der Waals surface area (Å²) >= 11 is 0. The second-order valence-corrected chi connectivity index (χ2v) is 7.33. The lowest BCUT2D eigenvalue weighted by Crippen LogP contribution is -2.48. The molecule has 25 heavy (non-hydrogen) atoms.